The molecule has 0 aromatic carbocycles. The van der Waals surface area contributed by atoms with Crippen molar-refractivity contribution in [2.24, 2.45) is 0 Å². The first kappa shape index (κ1) is 27.6. The molecule has 3 heterocycles. The Bertz CT molecular complexity index is 1210. The third-order valence-corrected chi connectivity index (χ3v) is 9.29. The lowest BCUT2D eigenvalue weighted by Gasteiger charge is -2.40. The molecule has 5 unspecified atom stereocenters. The molecule has 35 heavy (non-hydrogen) atoms. The maximum absolute atomic E-state index is 13.1. The van der Waals surface area contributed by atoms with Crippen LogP contribution in [-0.2, 0) is 13.8 Å². The van der Waals surface area contributed by atoms with Gasteiger partial charge in [-0.2, -0.15) is 4.98 Å². The van der Waals surface area contributed by atoms with Crippen LogP contribution in [0.5, 0.6) is 0 Å². The lowest BCUT2D eigenvalue weighted by molar-refractivity contribution is -0.0780. The zero-order valence-corrected chi connectivity index (χ0v) is 21.0. The van der Waals surface area contributed by atoms with Crippen molar-refractivity contribution in [3.8, 4) is 0 Å². The van der Waals surface area contributed by atoms with Crippen molar-refractivity contribution in [1.29, 1.82) is 0 Å². The molecule has 0 aliphatic carbocycles. The molecule has 0 radical (unpaired) electrons. The molecule has 0 saturated carbocycles. The van der Waals surface area contributed by atoms with Crippen LogP contribution in [0.3, 0.4) is 0 Å². The molecule has 3 rings (SSSR count). The number of rotatable bonds is 10. The summed E-state index contributed by atoms with van der Waals surface area (Å²) in [6, 6.07) is 0. The van der Waals surface area contributed by atoms with Crippen LogP contribution in [0.4, 0.5) is 0 Å². The minimum Gasteiger partial charge on any atom is -0.388 e. The van der Waals surface area contributed by atoms with E-state index in [-0.39, 0.29) is 37.8 Å². The fraction of sp³-hybridized carbons (Fsp3) is 0.714. The van der Waals surface area contributed by atoms with Gasteiger partial charge in [0.2, 0.25) is 0 Å². The first-order chi connectivity index (χ1) is 16.4. The van der Waals surface area contributed by atoms with Crippen LogP contribution in [0, 0.1) is 0 Å². The molecule has 5 atom stereocenters. The van der Waals surface area contributed by atoms with Crippen LogP contribution in [-0.4, -0.2) is 69.0 Å². The van der Waals surface area contributed by atoms with Gasteiger partial charge in [-0.15, -0.1) is 0 Å². The Labute approximate surface area is 201 Å². The monoisotopic (exact) mass is 516 g/mol. The number of aromatic nitrogens is 4. The van der Waals surface area contributed by atoms with Crippen molar-refractivity contribution in [2.45, 2.75) is 95.3 Å². The smallest absolute Gasteiger partial charge is 0.359 e. The number of aliphatic hydroxyl groups is 3. The second-order valence-electron chi connectivity index (χ2n) is 8.86. The van der Waals surface area contributed by atoms with Crippen molar-refractivity contribution >= 4 is 18.6 Å². The average molecular weight is 516 g/mol. The highest BCUT2D eigenvalue weighted by Crippen LogP contribution is 2.61. The fourth-order valence-electron chi connectivity index (χ4n) is 4.32. The summed E-state index contributed by atoms with van der Waals surface area (Å²) in [5.74, 6) is 0. The van der Waals surface area contributed by atoms with Gasteiger partial charge in [0.25, 0.3) is 0 Å². The van der Waals surface area contributed by atoms with Gasteiger partial charge in [0.15, 0.2) is 11.6 Å². The van der Waals surface area contributed by atoms with Gasteiger partial charge in [0.05, 0.1) is 17.1 Å². The fourth-order valence-corrected chi connectivity index (χ4v) is 6.15. The molecule has 0 spiro atoms. The number of H-pyrrole nitrogens is 1. The van der Waals surface area contributed by atoms with Crippen LogP contribution in [0.25, 0.3) is 11.0 Å². The van der Waals surface area contributed by atoms with Crippen molar-refractivity contribution in [1.82, 2.24) is 19.5 Å². The van der Waals surface area contributed by atoms with Crippen LogP contribution in [0.1, 0.15) is 66.0 Å². The van der Waals surface area contributed by atoms with Crippen LogP contribution < -0.4 is 11.4 Å². The molecule has 1 saturated heterocycles. The maximum Gasteiger partial charge on any atom is 0.359 e. The zero-order valence-electron chi connectivity index (χ0n) is 20.1. The predicted molar refractivity (Wildman–Crippen MR) is 125 cm³/mol. The Hall–Kier alpha value is -1.99. The summed E-state index contributed by atoms with van der Waals surface area (Å²) in [5, 5.41) is 30.4. The summed E-state index contributed by atoms with van der Waals surface area (Å²) in [4.78, 5) is 44.3. The Morgan fingerprint density at radius 3 is 2.34 bits per heavy atom. The molecule has 5 N–H and O–H groups in total. The number of nitrogens with one attached hydrogen (secondary N) is 1. The van der Waals surface area contributed by atoms with Gasteiger partial charge in [-0.25, -0.2) is 14.6 Å². The Balaban J connectivity index is 1.90. The third kappa shape index (κ3) is 5.12. The summed E-state index contributed by atoms with van der Waals surface area (Å²) >= 11 is 0. The van der Waals surface area contributed by atoms with Gasteiger partial charge in [-0.3, -0.25) is 18.6 Å². The van der Waals surface area contributed by atoms with Gasteiger partial charge in [0.1, 0.15) is 17.9 Å². The molecule has 13 nitrogen and oxygen atoms in total. The van der Waals surface area contributed by atoms with E-state index in [1.165, 1.54) is 12.4 Å². The van der Waals surface area contributed by atoms with E-state index in [2.05, 4.69) is 15.0 Å². The summed E-state index contributed by atoms with van der Waals surface area (Å²) in [6.45, 7) is 6.64. The van der Waals surface area contributed by atoms with E-state index in [0.717, 1.165) is 4.57 Å². The van der Waals surface area contributed by atoms with Crippen LogP contribution >= 0.6 is 7.60 Å². The minimum absolute atomic E-state index is 0.00211. The normalized spacial score (nSPS) is 25.1. The number of hydrogen-bond acceptors (Lipinski definition) is 10. The number of hydrogen-bond donors (Lipinski definition) is 5. The van der Waals surface area contributed by atoms with Crippen LogP contribution in [0.15, 0.2) is 22.0 Å². The van der Waals surface area contributed by atoms with Gasteiger partial charge in [-0.1, -0.05) is 27.7 Å². The molecule has 2 aromatic heterocycles. The van der Waals surface area contributed by atoms with Crippen molar-refractivity contribution in [3.63, 3.8) is 0 Å². The topological polar surface area (TPSA) is 197 Å². The van der Waals surface area contributed by atoms with E-state index in [1.54, 1.807) is 27.7 Å². The SMILES string of the molecule is CCC(CC)(CC1OC(n2cc3cnc(=O)[nH]c3nc2=O)C(O)C1O)OP(=O)(O)C(O)(CC)CC. The van der Waals surface area contributed by atoms with E-state index in [0.29, 0.717) is 5.39 Å². The summed E-state index contributed by atoms with van der Waals surface area (Å²) in [7, 11) is -4.52. The highest BCUT2D eigenvalue weighted by atomic mass is 31.2. The molecule has 1 fully saturated rings. The Kier molecular flexibility index (Phi) is 8.02. The molecule has 0 amide bonds. The quantitative estimate of drug-likeness (QED) is 0.279. The van der Waals surface area contributed by atoms with Gasteiger partial charge in [0, 0.05) is 18.8 Å². The average Bonchev–Trinajstić information content (AvgIpc) is 3.10. The van der Waals surface area contributed by atoms with E-state index in [4.69, 9.17) is 9.26 Å². The van der Waals surface area contributed by atoms with Gasteiger partial charge in [-0.05, 0) is 25.7 Å². The van der Waals surface area contributed by atoms with E-state index >= 15 is 0 Å². The molecular formula is C21H33N4O9P. The largest absolute Gasteiger partial charge is 0.388 e. The predicted octanol–water partition coefficient (Wildman–Crippen LogP) is 0.758. The van der Waals surface area contributed by atoms with Gasteiger partial charge >= 0.3 is 19.0 Å². The van der Waals surface area contributed by atoms with Crippen molar-refractivity contribution < 1.29 is 34.0 Å². The number of nitrogens with zero attached hydrogens (tertiary/aromatic N) is 3. The zero-order chi connectivity index (χ0) is 26.2. The Morgan fingerprint density at radius 1 is 1.14 bits per heavy atom. The Morgan fingerprint density at radius 2 is 1.77 bits per heavy atom. The molecule has 14 heteroatoms. The maximum atomic E-state index is 13.1. The summed E-state index contributed by atoms with van der Waals surface area (Å²) in [5.41, 5.74) is -2.76. The highest BCUT2D eigenvalue weighted by Gasteiger charge is 2.52. The lowest BCUT2D eigenvalue weighted by Crippen LogP contribution is -2.42. The summed E-state index contributed by atoms with van der Waals surface area (Å²) in [6.07, 6.45) is -2.44. The van der Waals surface area contributed by atoms with Gasteiger partial charge < -0.3 is 24.9 Å². The summed E-state index contributed by atoms with van der Waals surface area (Å²) < 4.78 is 25.6. The number of ether oxygens (including phenoxy) is 1. The van der Waals surface area contributed by atoms with Crippen LogP contribution in [0.2, 0.25) is 0 Å². The molecule has 196 valence electrons. The van der Waals surface area contributed by atoms with E-state index in [9.17, 15) is 34.4 Å². The number of aliphatic hydroxyl groups excluding tert-OH is 2. The standard InChI is InChI=1S/C21H33N4O9P/c1-5-20(6-2,34-35(31,32)21(30,7-3)8-4)9-13-14(26)15(27)17(33-13)25-11-12-10-22-18(28)23-16(12)24-19(25)29/h10-11,13-15,17,26-27,30H,5-9H2,1-4H3,(H,31,32)(H,23,24,28,29). The first-order valence-electron chi connectivity index (χ1n) is 11.6. The van der Waals surface area contributed by atoms with Crippen molar-refractivity contribution in [3.05, 3.63) is 33.4 Å². The first-order valence-corrected chi connectivity index (χ1v) is 13.2. The van der Waals surface area contributed by atoms with E-state index in [1.807, 2.05) is 0 Å². The van der Waals surface area contributed by atoms with E-state index < -0.39 is 54.5 Å². The number of aromatic amines is 1. The third-order valence-electron chi connectivity index (χ3n) is 6.98. The molecular weight excluding hydrogens is 483 g/mol. The second-order valence-corrected chi connectivity index (χ2v) is 10.9. The highest BCUT2D eigenvalue weighted by molar-refractivity contribution is 7.54. The molecule has 2 aromatic rings. The lowest BCUT2D eigenvalue weighted by atomic mass is 9.88. The molecule has 1 aliphatic heterocycles. The molecule has 0 bridgehead atoms. The second kappa shape index (κ2) is 10.2. The minimum atomic E-state index is -4.52. The number of fused-ring (bicyclic) bond motifs is 1. The van der Waals surface area contributed by atoms with Crippen molar-refractivity contribution in [2.75, 3.05) is 0 Å². The molecule has 1 aliphatic rings.